The molecule has 0 fully saturated rings. The lowest BCUT2D eigenvalue weighted by molar-refractivity contribution is 0.583. The molecule has 1 aromatic rings. The fourth-order valence-electron chi connectivity index (χ4n) is 1.23. The molecule has 0 aliphatic rings. The number of benzene rings is 1. The van der Waals surface area contributed by atoms with Crippen molar-refractivity contribution in [3.8, 4) is 0 Å². The van der Waals surface area contributed by atoms with Crippen LogP contribution in [0.1, 0.15) is 6.42 Å². The lowest BCUT2D eigenvalue weighted by Crippen LogP contribution is -2.36. The largest absolute Gasteiger partial charge is 0.370 e. The van der Waals surface area contributed by atoms with E-state index in [9.17, 15) is 0 Å². The molecule has 0 amide bonds. The zero-order valence-electron chi connectivity index (χ0n) is 9.50. The average Bonchev–Trinajstić information content (AvgIpc) is 2.16. The molecule has 1 atom stereocenters. The molecule has 1 unspecified atom stereocenters. The molecule has 0 saturated heterocycles. The van der Waals surface area contributed by atoms with Gasteiger partial charge in [0.1, 0.15) is 0 Å². The molecule has 16 heavy (non-hydrogen) atoms. The second-order valence-corrected chi connectivity index (χ2v) is 5.05. The van der Waals surface area contributed by atoms with Gasteiger partial charge in [-0.1, -0.05) is 6.07 Å². The molecule has 0 aliphatic heterocycles. The van der Waals surface area contributed by atoms with Gasteiger partial charge in [-0.05, 0) is 40.8 Å². The van der Waals surface area contributed by atoms with E-state index in [-0.39, 0.29) is 6.17 Å². The van der Waals surface area contributed by atoms with E-state index in [2.05, 4.69) is 27.9 Å². The number of nitrogens with one attached hydrogen (secondary N) is 2. The van der Waals surface area contributed by atoms with Gasteiger partial charge in [-0.15, -0.1) is 0 Å². The van der Waals surface area contributed by atoms with Crippen molar-refractivity contribution in [2.75, 3.05) is 19.4 Å². The van der Waals surface area contributed by atoms with Crippen LogP contribution in [0.25, 0.3) is 0 Å². The molecular formula is C11H17IN4. The normalized spacial score (nSPS) is 12.0. The van der Waals surface area contributed by atoms with Gasteiger partial charge in [0.25, 0.3) is 0 Å². The summed E-state index contributed by atoms with van der Waals surface area (Å²) >= 11 is 2.26. The minimum Gasteiger partial charge on any atom is -0.370 e. The highest BCUT2D eigenvalue weighted by molar-refractivity contribution is 14.1. The van der Waals surface area contributed by atoms with Crippen LogP contribution in [0.5, 0.6) is 0 Å². The summed E-state index contributed by atoms with van der Waals surface area (Å²) in [6, 6.07) is 8.01. The molecule has 0 aliphatic carbocycles. The van der Waals surface area contributed by atoms with Crippen LogP contribution in [0.4, 0.5) is 5.69 Å². The van der Waals surface area contributed by atoms with Crippen molar-refractivity contribution in [3.63, 3.8) is 0 Å². The summed E-state index contributed by atoms with van der Waals surface area (Å²) in [5.41, 5.74) is 6.91. The monoisotopic (exact) mass is 332 g/mol. The van der Waals surface area contributed by atoms with E-state index in [0.717, 1.165) is 9.26 Å². The number of hydrogen-bond donors (Lipinski definition) is 3. The molecule has 1 rings (SSSR count). The van der Waals surface area contributed by atoms with Crippen molar-refractivity contribution in [2.24, 2.45) is 5.73 Å². The minimum absolute atomic E-state index is 0.229. The Morgan fingerprint density at radius 3 is 2.81 bits per heavy atom. The summed E-state index contributed by atoms with van der Waals surface area (Å²) in [4.78, 5) is 1.76. The van der Waals surface area contributed by atoms with Crippen molar-refractivity contribution >= 4 is 34.1 Å². The molecule has 0 bridgehead atoms. The first-order chi connectivity index (χ1) is 7.49. The molecule has 4 nitrogen and oxygen atoms in total. The Labute approximate surface area is 110 Å². The Hall–Kier alpha value is -0.820. The van der Waals surface area contributed by atoms with Gasteiger partial charge in [0.15, 0.2) is 0 Å². The summed E-state index contributed by atoms with van der Waals surface area (Å²) in [5, 5.41) is 10.9. The maximum Gasteiger partial charge on any atom is 0.0986 e. The summed E-state index contributed by atoms with van der Waals surface area (Å²) < 4.78 is 1.16. The predicted octanol–water partition coefficient (Wildman–Crippen LogP) is 1.92. The summed E-state index contributed by atoms with van der Waals surface area (Å²) in [5.74, 6) is 0.519. The highest BCUT2D eigenvalue weighted by atomic mass is 127. The first-order valence-electron chi connectivity index (χ1n) is 5.01. The smallest absolute Gasteiger partial charge is 0.0986 e. The molecule has 1 aromatic carbocycles. The van der Waals surface area contributed by atoms with Gasteiger partial charge >= 0.3 is 0 Å². The number of halogens is 1. The first kappa shape index (κ1) is 13.2. The van der Waals surface area contributed by atoms with Gasteiger partial charge in [0.2, 0.25) is 0 Å². The third-order valence-electron chi connectivity index (χ3n) is 2.13. The van der Waals surface area contributed by atoms with E-state index in [1.54, 1.807) is 4.90 Å². The summed E-state index contributed by atoms with van der Waals surface area (Å²) in [6.45, 7) is 0. The Balaban J connectivity index is 2.51. The maximum absolute atomic E-state index is 7.69. The van der Waals surface area contributed by atoms with E-state index in [0.29, 0.717) is 12.3 Å². The molecule has 0 spiro atoms. The van der Waals surface area contributed by atoms with Crippen LogP contribution in [-0.4, -0.2) is 31.0 Å². The molecule has 4 N–H and O–H groups in total. The van der Waals surface area contributed by atoms with Gasteiger partial charge in [-0.3, -0.25) is 5.41 Å². The summed E-state index contributed by atoms with van der Waals surface area (Å²) in [6.07, 6.45) is 0.284. The third kappa shape index (κ3) is 4.36. The van der Waals surface area contributed by atoms with E-state index >= 15 is 0 Å². The Morgan fingerprint density at radius 1 is 1.56 bits per heavy atom. The van der Waals surface area contributed by atoms with Gasteiger partial charge in [0.05, 0.1) is 12.0 Å². The maximum atomic E-state index is 7.69. The van der Waals surface area contributed by atoms with E-state index in [1.807, 2.05) is 38.4 Å². The lowest BCUT2D eigenvalue weighted by Gasteiger charge is -2.19. The zero-order chi connectivity index (χ0) is 12.1. The standard InChI is InChI=1S/C11H17IN4/c1-16(2)11(14)7-10(13)15-9-5-3-4-8(12)6-9/h3-6,10,14-15H,7,13H2,1-2H3. The van der Waals surface area contributed by atoms with Crippen molar-refractivity contribution in [2.45, 2.75) is 12.6 Å². The number of nitrogens with zero attached hydrogens (tertiary/aromatic N) is 1. The van der Waals surface area contributed by atoms with Gasteiger partial charge in [0, 0.05) is 29.8 Å². The van der Waals surface area contributed by atoms with Gasteiger partial charge < -0.3 is 16.0 Å². The number of amidine groups is 1. The van der Waals surface area contributed by atoms with Crippen molar-refractivity contribution in [1.29, 1.82) is 5.41 Å². The molecule has 0 radical (unpaired) electrons. The Kier molecular flexibility index (Phi) is 5.01. The second kappa shape index (κ2) is 6.05. The Morgan fingerprint density at radius 2 is 2.25 bits per heavy atom. The molecule has 88 valence electrons. The number of rotatable bonds is 4. The van der Waals surface area contributed by atoms with Crippen molar-refractivity contribution in [3.05, 3.63) is 27.8 Å². The first-order valence-corrected chi connectivity index (χ1v) is 6.09. The van der Waals surface area contributed by atoms with Crippen LogP contribution < -0.4 is 11.1 Å². The number of nitrogens with two attached hydrogens (primary N) is 1. The zero-order valence-corrected chi connectivity index (χ0v) is 11.7. The summed E-state index contributed by atoms with van der Waals surface area (Å²) in [7, 11) is 3.70. The van der Waals surface area contributed by atoms with Crippen LogP contribution in [0, 0.1) is 8.98 Å². The van der Waals surface area contributed by atoms with Crippen molar-refractivity contribution in [1.82, 2.24) is 4.90 Å². The van der Waals surface area contributed by atoms with Gasteiger partial charge in [-0.25, -0.2) is 0 Å². The van der Waals surface area contributed by atoms with Crippen LogP contribution in [-0.2, 0) is 0 Å². The van der Waals surface area contributed by atoms with Gasteiger partial charge in [-0.2, -0.15) is 0 Å². The quantitative estimate of drug-likeness (QED) is 0.342. The van der Waals surface area contributed by atoms with Crippen LogP contribution in [0.15, 0.2) is 24.3 Å². The highest BCUT2D eigenvalue weighted by Gasteiger charge is 2.07. The van der Waals surface area contributed by atoms with E-state index in [4.69, 9.17) is 11.1 Å². The molecule has 0 aromatic heterocycles. The highest BCUT2D eigenvalue weighted by Crippen LogP contribution is 2.13. The molecule has 0 heterocycles. The van der Waals surface area contributed by atoms with E-state index in [1.165, 1.54) is 0 Å². The fourth-order valence-corrected chi connectivity index (χ4v) is 1.78. The SMILES string of the molecule is CN(C)C(=N)CC(N)Nc1cccc(I)c1. The number of anilines is 1. The van der Waals surface area contributed by atoms with E-state index < -0.39 is 0 Å². The Bertz CT molecular complexity index is 365. The molecular weight excluding hydrogens is 315 g/mol. The minimum atomic E-state index is -0.229. The van der Waals surface area contributed by atoms with Crippen LogP contribution in [0.2, 0.25) is 0 Å². The van der Waals surface area contributed by atoms with Crippen molar-refractivity contribution < 1.29 is 0 Å². The second-order valence-electron chi connectivity index (χ2n) is 3.81. The fraction of sp³-hybridized carbons (Fsp3) is 0.364. The predicted molar refractivity (Wildman–Crippen MR) is 76.8 cm³/mol. The lowest BCUT2D eigenvalue weighted by atomic mass is 10.2. The molecule has 0 saturated carbocycles. The topological polar surface area (TPSA) is 65.1 Å². The third-order valence-corrected chi connectivity index (χ3v) is 2.80. The molecule has 5 heteroatoms. The van der Waals surface area contributed by atoms with Crippen LogP contribution in [0.3, 0.4) is 0 Å². The average molecular weight is 332 g/mol. The van der Waals surface area contributed by atoms with Crippen LogP contribution >= 0.6 is 22.6 Å². The number of hydrogen-bond acceptors (Lipinski definition) is 3.